The van der Waals surface area contributed by atoms with Crippen LogP contribution in [0.5, 0.6) is 0 Å². The van der Waals surface area contributed by atoms with Crippen molar-refractivity contribution in [3.8, 4) is 16.8 Å². The fraction of sp³-hybridized carbons (Fsp3) is 0.207. The van der Waals surface area contributed by atoms with Crippen LogP contribution in [0.15, 0.2) is 79.0 Å². The van der Waals surface area contributed by atoms with Gasteiger partial charge in [-0.25, -0.2) is 13.9 Å². The third-order valence-corrected chi connectivity index (χ3v) is 6.82. The van der Waals surface area contributed by atoms with E-state index in [4.69, 9.17) is 4.74 Å². The highest BCUT2D eigenvalue weighted by molar-refractivity contribution is 5.86. The number of aryl methyl sites for hydroxylation is 1. The number of nitrogens with zero attached hydrogens (tertiary/aromatic N) is 2. The topological polar surface area (TPSA) is 93.5 Å². The first-order chi connectivity index (χ1) is 17.8. The first kappa shape index (κ1) is 24.2. The Labute approximate surface area is 213 Å². The summed E-state index contributed by atoms with van der Waals surface area (Å²) in [5.41, 5.74) is 4.25. The van der Waals surface area contributed by atoms with Crippen LogP contribution in [0.3, 0.4) is 0 Å². The van der Waals surface area contributed by atoms with Gasteiger partial charge in [0.1, 0.15) is 6.10 Å². The summed E-state index contributed by atoms with van der Waals surface area (Å²) >= 11 is 0. The molecule has 0 spiro atoms. The summed E-state index contributed by atoms with van der Waals surface area (Å²) in [6.45, 7) is 3.66. The van der Waals surface area contributed by atoms with Crippen molar-refractivity contribution in [3.63, 3.8) is 0 Å². The van der Waals surface area contributed by atoms with E-state index >= 15 is 0 Å². The van der Waals surface area contributed by atoms with Crippen LogP contribution in [0.1, 0.15) is 42.6 Å². The molecule has 188 valence electrons. The van der Waals surface area contributed by atoms with E-state index in [-0.39, 0.29) is 5.82 Å². The van der Waals surface area contributed by atoms with Gasteiger partial charge < -0.3 is 9.84 Å². The number of aliphatic carboxylic acids is 1. The molecule has 1 saturated carbocycles. The van der Waals surface area contributed by atoms with Crippen LogP contribution < -0.4 is 5.32 Å². The summed E-state index contributed by atoms with van der Waals surface area (Å²) in [6, 6.07) is 22.4. The Hall–Kier alpha value is -4.46. The number of carbonyl (C=O) groups excluding carboxylic acids is 1. The molecule has 3 aromatic carbocycles. The molecular weight excluding hydrogens is 473 g/mol. The number of hydrogen-bond acceptors (Lipinski definition) is 4. The summed E-state index contributed by atoms with van der Waals surface area (Å²) in [5, 5.41) is 16.2. The number of carboxylic acids is 1. The Kier molecular flexibility index (Phi) is 6.25. The van der Waals surface area contributed by atoms with Gasteiger partial charge in [-0.1, -0.05) is 54.6 Å². The number of carboxylic acid groups (broad SMARTS) is 1. The zero-order valence-corrected chi connectivity index (χ0v) is 20.4. The number of halogens is 1. The zero-order chi connectivity index (χ0) is 26.2. The fourth-order valence-corrected chi connectivity index (χ4v) is 4.50. The molecule has 1 atom stereocenters. The molecule has 7 nitrogen and oxygen atoms in total. The smallest absolute Gasteiger partial charge is 0.413 e. The van der Waals surface area contributed by atoms with Crippen molar-refractivity contribution in [3.05, 3.63) is 102 Å². The van der Waals surface area contributed by atoms with Gasteiger partial charge >= 0.3 is 12.1 Å². The zero-order valence-electron chi connectivity index (χ0n) is 20.4. The van der Waals surface area contributed by atoms with Crippen LogP contribution in [-0.4, -0.2) is 26.9 Å². The molecule has 2 N–H and O–H groups in total. The van der Waals surface area contributed by atoms with Crippen molar-refractivity contribution in [2.75, 3.05) is 5.32 Å². The van der Waals surface area contributed by atoms with E-state index in [0.29, 0.717) is 18.5 Å². The molecule has 37 heavy (non-hydrogen) atoms. The molecule has 0 radical (unpaired) electrons. The van der Waals surface area contributed by atoms with Crippen molar-refractivity contribution >= 4 is 17.9 Å². The largest absolute Gasteiger partial charge is 0.481 e. The number of nitrogens with one attached hydrogen (secondary N) is 1. The van der Waals surface area contributed by atoms with Crippen molar-refractivity contribution in [1.29, 1.82) is 0 Å². The lowest BCUT2D eigenvalue weighted by atomic mass is 9.89. The van der Waals surface area contributed by atoms with Gasteiger partial charge in [0.15, 0.2) is 11.6 Å². The molecule has 0 saturated heterocycles. The molecule has 1 fully saturated rings. The summed E-state index contributed by atoms with van der Waals surface area (Å²) in [5.74, 6) is -1.72. The number of ether oxygens (including phenoxy) is 1. The maximum absolute atomic E-state index is 14.5. The molecule has 1 unspecified atom stereocenters. The number of carbonyl (C=O) groups is 2. The maximum atomic E-state index is 14.5. The Morgan fingerprint density at radius 2 is 1.73 bits per heavy atom. The lowest BCUT2D eigenvalue weighted by molar-refractivity contribution is -0.140. The van der Waals surface area contributed by atoms with Crippen molar-refractivity contribution in [1.82, 2.24) is 9.78 Å². The van der Waals surface area contributed by atoms with E-state index in [9.17, 15) is 19.1 Å². The van der Waals surface area contributed by atoms with E-state index in [1.165, 1.54) is 10.9 Å². The van der Waals surface area contributed by atoms with Crippen LogP contribution in [0, 0.1) is 12.7 Å². The first-order valence-corrected chi connectivity index (χ1v) is 12.0. The minimum absolute atomic E-state index is 0.235. The lowest BCUT2D eigenvalue weighted by Crippen LogP contribution is -2.20. The highest BCUT2D eigenvalue weighted by Gasteiger charge is 2.52. The Morgan fingerprint density at radius 3 is 2.38 bits per heavy atom. The van der Waals surface area contributed by atoms with E-state index < -0.39 is 29.4 Å². The molecule has 0 aliphatic heterocycles. The predicted octanol–water partition coefficient (Wildman–Crippen LogP) is 6.41. The first-order valence-electron chi connectivity index (χ1n) is 12.0. The van der Waals surface area contributed by atoms with Gasteiger partial charge in [-0.05, 0) is 72.7 Å². The third kappa shape index (κ3) is 4.82. The highest BCUT2D eigenvalue weighted by Crippen LogP contribution is 2.50. The van der Waals surface area contributed by atoms with Crippen LogP contribution in [0.2, 0.25) is 0 Å². The minimum atomic E-state index is -0.805. The monoisotopic (exact) mass is 499 g/mol. The van der Waals surface area contributed by atoms with Crippen molar-refractivity contribution in [2.24, 2.45) is 0 Å². The molecule has 1 heterocycles. The average molecular weight is 500 g/mol. The summed E-state index contributed by atoms with van der Waals surface area (Å²) in [6.07, 6.45) is 1.16. The normalized spacial score (nSPS) is 14.6. The minimum Gasteiger partial charge on any atom is -0.481 e. The summed E-state index contributed by atoms with van der Waals surface area (Å²) in [7, 11) is 0. The van der Waals surface area contributed by atoms with Crippen LogP contribution in [-0.2, 0) is 14.9 Å². The molecule has 0 bridgehead atoms. The second-order valence-corrected chi connectivity index (χ2v) is 9.32. The Bertz CT molecular complexity index is 1460. The predicted molar refractivity (Wildman–Crippen MR) is 137 cm³/mol. The summed E-state index contributed by atoms with van der Waals surface area (Å²) in [4.78, 5) is 24.1. The molecule has 1 amide bonds. The second-order valence-electron chi connectivity index (χ2n) is 9.32. The van der Waals surface area contributed by atoms with Crippen molar-refractivity contribution in [2.45, 2.75) is 38.2 Å². The SMILES string of the molecule is Cc1ccc(-c2ccc(-n3cc(F)c(NC(=O)OC(C)c4ccccc4)n3)cc2)cc1C1(C(=O)O)CC1. The second kappa shape index (κ2) is 9.54. The molecule has 1 aromatic heterocycles. The maximum Gasteiger partial charge on any atom is 0.413 e. The number of rotatable bonds is 7. The quantitative estimate of drug-likeness (QED) is 0.306. The van der Waals surface area contributed by atoms with Gasteiger partial charge in [-0.15, -0.1) is 5.10 Å². The van der Waals surface area contributed by atoms with Gasteiger partial charge in [0.25, 0.3) is 0 Å². The van der Waals surface area contributed by atoms with E-state index in [0.717, 1.165) is 27.8 Å². The molecule has 5 rings (SSSR count). The van der Waals surface area contributed by atoms with Crippen LogP contribution in [0.25, 0.3) is 16.8 Å². The molecule has 8 heteroatoms. The molecule has 1 aliphatic rings. The fourth-order valence-electron chi connectivity index (χ4n) is 4.50. The van der Waals surface area contributed by atoms with Gasteiger partial charge in [0.2, 0.25) is 0 Å². The van der Waals surface area contributed by atoms with Gasteiger partial charge in [0, 0.05) is 0 Å². The van der Waals surface area contributed by atoms with Crippen LogP contribution in [0.4, 0.5) is 15.0 Å². The number of aromatic nitrogens is 2. The third-order valence-electron chi connectivity index (χ3n) is 6.82. The van der Waals surface area contributed by atoms with Gasteiger partial charge in [-0.2, -0.15) is 0 Å². The Morgan fingerprint density at radius 1 is 1.05 bits per heavy atom. The Balaban J connectivity index is 1.30. The summed E-state index contributed by atoms with van der Waals surface area (Å²) < 4.78 is 21.2. The van der Waals surface area contributed by atoms with E-state index in [2.05, 4.69) is 10.4 Å². The van der Waals surface area contributed by atoms with Crippen LogP contribution >= 0.6 is 0 Å². The van der Waals surface area contributed by atoms with Gasteiger partial charge in [0.05, 0.1) is 17.3 Å². The molecule has 4 aromatic rings. The number of amides is 1. The molecule has 1 aliphatic carbocycles. The lowest BCUT2D eigenvalue weighted by Gasteiger charge is -2.15. The average Bonchev–Trinajstić information content (AvgIpc) is 3.63. The van der Waals surface area contributed by atoms with Gasteiger partial charge in [-0.3, -0.25) is 10.1 Å². The van der Waals surface area contributed by atoms with E-state index in [1.54, 1.807) is 19.1 Å². The standard InChI is InChI=1S/C29H26FN3O4/c1-18-8-9-22(16-24(18)29(14-15-29)27(34)35)21-10-12-23(13-11-21)33-17-25(30)26(32-33)31-28(36)37-19(2)20-6-4-3-5-7-20/h3-13,16-17,19H,14-15H2,1-2H3,(H,34,35)(H,31,32,36). The molecular formula is C29H26FN3O4. The highest BCUT2D eigenvalue weighted by atomic mass is 19.1. The number of benzene rings is 3. The number of anilines is 1. The van der Waals surface area contributed by atoms with Crippen molar-refractivity contribution < 1.29 is 23.8 Å². The van der Waals surface area contributed by atoms with E-state index in [1.807, 2.05) is 67.6 Å². The number of hydrogen-bond donors (Lipinski definition) is 2.